The van der Waals surface area contributed by atoms with Gasteiger partial charge in [0, 0.05) is 12.0 Å². The first kappa shape index (κ1) is 29.6. The first-order chi connectivity index (χ1) is 19.4. The first-order valence-corrected chi connectivity index (χ1v) is 14.4. The highest BCUT2D eigenvalue weighted by Gasteiger charge is 2.36. The van der Waals surface area contributed by atoms with E-state index >= 15 is 0 Å². The van der Waals surface area contributed by atoms with Crippen molar-refractivity contribution < 1.29 is 32.2 Å². The van der Waals surface area contributed by atoms with Gasteiger partial charge in [-0.15, -0.1) is 4.40 Å². The third kappa shape index (κ3) is 7.23. The molecule has 0 fully saturated rings. The van der Waals surface area contributed by atoms with Gasteiger partial charge in [-0.3, -0.25) is 10.6 Å². The molecular formula is C30H33N3O7S. The molecule has 0 saturated carbocycles. The topological polar surface area (TPSA) is 132 Å². The highest BCUT2D eigenvalue weighted by atomic mass is 32.2. The van der Waals surface area contributed by atoms with Crippen molar-refractivity contribution in [3.63, 3.8) is 0 Å². The second kappa shape index (κ2) is 12.0. The van der Waals surface area contributed by atoms with Crippen LogP contribution in [0.3, 0.4) is 0 Å². The van der Waals surface area contributed by atoms with Crippen LogP contribution in [0.1, 0.15) is 47.2 Å². The molecular weight excluding hydrogens is 546 g/mol. The van der Waals surface area contributed by atoms with Gasteiger partial charge in [0.15, 0.2) is 0 Å². The zero-order valence-corrected chi connectivity index (χ0v) is 24.4. The minimum atomic E-state index is -4.44. The van der Waals surface area contributed by atoms with Gasteiger partial charge in [-0.2, -0.15) is 8.42 Å². The lowest BCUT2D eigenvalue weighted by Crippen LogP contribution is -2.44. The number of benzene rings is 3. The molecule has 3 aromatic rings. The van der Waals surface area contributed by atoms with Gasteiger partial charge in [-0.1, -0.05) is 60.7 Å². The largest absolute Gasteiger partial charge is 0.487 e. The summed E-state index contributed by atoms with van der Waals surface area (Å²) in [6.07, 6.45) is -1.51. The van der Waals surface area contributed by atoms with Crippen LogP contribution in [0, 0.1) is 20.8 Å². The van der Waals surface area contributed by atoms with Crippen molar-refractivity contribution in [1.82, 2.24) is 10.6 Å². The lowest BCUT2D eigenvalue weighted by Gasteiger charge is -2.18. The van der Waals surface area contributed by atoms with Crippen LogP contribution in [-0.2, 0) is 39.1 Å². The Bertz CT molecular complexity index is 1530. The summed E-state index contributed by atoms with van der Waals surface area (Å²) in [6.45, 7) is 8.86. The molecule has 41 heavy (non-hydrogen) atoms. The van der Waals surface area contributed by atoms with E-state index in [-0.39, 0.29) is 18.1 Å². The predicted octanol–water partition coefficient (Wildman–Crippen LogP) is 5.22. The van der Waals surface area contributed by atoms with Gasteiger partial charge in [-0.05, 0) is 62.4 Å². The Hall–Kier alpha value is -4.38. The van der Waals surface area contributed by atoms with Crippen LogP contribution < -0.4 is 15.4 Å². The molecule has 1 aliphatic heterocycles. The Balaban J connectivity index is 1.62. The van der Waals surface area contributed by atoms with Crippen LogP contribution in [0.4, 0.5) is 9.59 Å². The number of hydrogen-bond acceptors (Lipinski definition) is 7. The summed E-state index contributed by atoms with van der Waals surface area (Å²) in [7, 11) is -4.44. The minimum Gasteiger partial charge on any atom is -0.487 e. The first-order valence-electron chi connectivity index (χ1n) is 13.0. The summed E-state index contributed by atoms with van der Waals surface area (Å²) in [5.74, 6) is 0.00744. The molecule has 1 heterocycles. The van der Waals surface area contributed by atoms with Gasteiger partial charge in [0.25, 0.3) is 10.0 Å². The molecule has 0 bridgehead atoms. The predicted molar refractivity (Wildman–Crippen MR) is 153 cm³/mol. The average Bonchev–Trinajstić information content (AvgIpc) is 3.26. The average molecular weight is 580 g/mol. The van der Waals surface area contributed by atoms with Crippen molar-refractivity contribution in [1.29, 1.82) is 0 Å². The van der Waals surface area contributed by atoms with Gasteiger partial charge < -0.3 is 14.2 Å². The Kier molecular flexibility index (Phi) is 8.67. The van der Waals surface area contributed by atoms with Crippen molar-refractivity contribution in [2.45, 2.75) is 64.7 Å². The number of carbonyl (C=O) groups is 2. The fourth-order valence-electron chi connectivity index (χ4n) is 4.59. The van der Waals surface area contributed by atoms with Crippen molar-refractivity contribution >= 4 is 28.2 Å². The van der Waals surface area contributed by atoms with E-state index in [4.69, 9.17) is 14.2 Å². The molecule has 0 atom stereocenters. The number of hydrogen-bond donors (Lipinski definition) is 2. The monoisotopic (exact) mass is 579 g/mol. The quantitative estimate of drug-likeness (QED) is 0.302. The summed E-state index contributed by atoms with van der Waals surface area (Å²) in [5, 5.41) is 4.47. The fraction of sp³-hybridized carbons (Fsp3) is 0.300. The molecule has 0 radical (unpaired) electrons. The summed E-state index contributed by atoms with van der Waals surface area (Å²) in [6, 6.07) is 17.8. The Morgan fingerprint density at radius 1 is 0.829 bits per heavy atom. The molecule has 1 aliphatic rings. The third-order valence-electron chi connectivity index (χ3n) is 6.63. The number of nitrogens with one attached hydrogen (secondary N) is 2. The molecule has 0 aromatic heterocycles. The maximum atomic E-state index is 13.7. The molecule has 3 aromatic carbocycles. The van der Waals surface area contributed by atoms with E-state index in [9.17, 15) is 18.0 Å². The number of sulfonamides is 1. The number of nitrogens with zero attached hydrogens (tertiary/aromatic N) is 1. The standard InChI is InChI=1S/C30H33N3O7S/c1-19-20(2)26(21(3)24-16-30(4,5)40-25(19)24)41(36,37)33-27(31-28(34)38-17-22-12-8-6-9-13-22)32-29(35)39-18-23-14-10-7-11-15-23/h6-15H,16-18H2,1-5H3,(H2,31,32,33,34,35). The molecule has 216 valence electrons. The maximum Gasteiger partial charge on any atom is 0.414 e. The van der Waals surface area contributed by atoms with Crippen LogP contribution in [0.25, 0.3) is 0 Å². The molecule has 0 spiro atoms. The van der Waals surface area contributed by atoms with Crippen LogP contribution in [0.5, 0.6) is 5.75 Å². The molecule has 4 rings (SSSR count). The zero-order valence-electron chi connectivity index (χ0n) is 23.6. The van der Waals surface area contributed by atoms with Crippen LogP contribution in [0.2, 0.25) is 0 Å². The van der Waals surface area contributed by atoms with E-state index in [1.54, 1.807) is 69.3 Å². The second-order valence-corrected chi connectivity index (χ2v) is 11.9. The normalized spacial score (nSPS) is 13.4. The second-order valence-electron chi connectivity index (χ2n) is 10.3. The summed E-state index contributed by atoms with van der Waals surface area (Å²) >= 11 is 0. The Morgan fingerprint density at radius 3 is 1.80 bits per heavy atom. The number of ether oxygens (including phenoxy) is 3. The lowest BCUT2D eigenvalue weighted by atomic mass is 9.94. The number of fused-ring (bicyclic) bond motifs is 1. The molecule has 0 unspecified atom stereocenters. The Labute approximate surface area is 239 Å². The zero-order chi connectivity index (χ0) is 29.8. The molecule has 2 amide bonds. The van der Waals surface area contributed by atoms with Crippen LogP contribution in [0.15, 0.2) is 70.0 Å². The number of carbonyl (C=O) groups excluding carboxylic acids is 2. The molecule has 11 heteroatoms. The SMILES string of the molecule is Cc1c(C)c(S(=O)(=O)N=C(NC(=O)OCc2ccccc2)NC(=O)OCc2ccccc2)c(C)c2c1OC(C)(C)C2. The highest BCUT2D eigenvalue weighted by Crippen LogP contribution is 2.44. The van der Waals surface area contributed by atoms with Gasteiger partial charge in [0.2, 0.25) is 5.96 Å². The van der Waals surface area contributed by atoms with E-state index < -0.39 is 33.8 Å². The van der Waals surface area contributed by atoms with Gasteiger partial charge in [0.1, 0.15) is 24.6 Å². The number of alkyl carbamates (subject to hydrolysis) is 2. The van der Waals surface area contributed by atoms with Crippen molar-refractivity contribution in [2.75, 3.05) is 0 Å². The van der Waals surface area contributed by atoms with E-state index in [1.807, 2.05) is 26.0 Å². The van der Waals surface area contributed by atoms with E-state index in [0.717, 1.165) is 5.56 Å². The van der Waals surface area contributed by atoms with Gasteiger partial charge in [-0.25, -0.2) is 9.59 Å². The van der Waals surface area contributed by atoms with Crippen molar-refractivity contribution in [3.8, 4) is 5.75 Å². The smallest absolute Gasteiger partial charge is 0.414 e. The molecule has 0 saturated heterocycles. The fourth-order valence-corrected chi connectivity index (χ4v) is 6.06. The molecule has 2 N–H and O–H groups in total. The summed E-state index contributed by atoms with van der Waals surface area (Å²) < 4.78 is 47.7. The number of rotatable bonds is 6. The Morgan fingerprint density at radius 2 is 1.32 bits per heavy atom. The van der Waals surface area contributed by atoms with Crippen LogP contribution >= 0.6 is 0 Å². The summed E-state index contributed by atoms with van der Waals surface area (Å²) in [4.78, 5) is 25.2. The number of guanidine groups is 1. The third-order valence-corrected chi connectivity index (χ3v) is 8.18. The minimum absolute atomic E-state index is 0.0218. The van der Waals surface area contributed by atoms with E-state index in [2.05, 4.69) is 15.0 Å². The molecule has 10 nitrogen and oxygen atoms in total. The van der Waals surface area contributed by atoms with Gasteiger partial charge in [0.05, 0.1) is 4.90 Å². The molecule has 0 aliphatic carbocycles. The highest BCUT2D eigenvalue weighted by molar-refractivity contribution is 7.90. The summed E-state index contributed by atoms with van der Waals surface area (Å²) in [5.41, 5.74) is 3.35. The van der Waals surface area contributed by atoms with E-state index in [1.165, 1.54) is 0 Å². The van der Waals surface area contributed by atoms with Crippen molar-refractivity contribution in [3.05, 3.63) is 94.0 Å². The van der Waals surface area contributed by atoms with Gasteiger partial charge >= 0.3 is 12.2 Å². The lowest BCUT2D eigenvalue weighted by molar-refractivity contribution is 0.137. The number of amides is 2. The van der Waals surface area contributed by atoms with Crippen molar-refractivity contribution in [2.24, 2.45) is 4.40 Å². The van der Waals surface area contributed by atoms with E-state index in [0.29, 0.717) is 40.0 Å². The van der Waals surface area contributed by atoms with Crippen LogP contribution in [-0.4, -0.2) is 32.2 Å². The maximum absolute atomic E-state index is 13.7.